The van der Waals surface area contributed by atoms with Gasteiger partial charge in [-0.15, -0.1) is 0 Å². The molecular formula is C37H34Cl4Zr. The van der Waals surface area contributed by atoms with Crippen LogP contribution in [0, 0.1) is 11.3 Å². The number of rotatable bonds is 5. The average Bonchev–Trinajstić information content (AvgIpc) is 3.52. The molecule has 1 atom stereocenters. The Kier molecular flexibility index (Phi) is 10.7. The van der Waals surface area contributed by atoms with E-state index >= 15 is 0 Å². The molecule has 0 radical (unpaired) electrons. The molecule has 0 aromatic heterocycles. The Morgan fingerprint density at radius 2 is 1.21 bits per heavy atom. The Labute approximate surface area is 280 Å². The van der Waals surface area contributed by atoms with Crippen LogP contribution in [0.1, 0.15) is 60.0 Å². The molecular weight excluding hydrogens is 677 g/mol. The van der Waals surface area contributed by atoms with Crippen molar-refractivity contribution in [1.29, 1.82) is 0 Å². The fraction of sp³-hybridized carbons (Fsp3) is 0.216. The second-order valence-electron chi connectivity index (χ2n) is 11.9. The van der Waals surface area contributed by atoms with Gasteiger partial charge in [-0.25, -0.2) is 0 Å². The average molecular weight is 712 g/mol. The molecule has 42 heavy (non-hydrogen) atoms. The van der Waals surface area contributed by atoms with Crippen LogP contribution in [0.2, 0.25) is 10.0 Å². The van der Waals surface area contributed by atoms with E-state index in [1.807, 2.05) is 12.1 Å². The first-order valence-corrected chi connectivity index (χ1v) is 18.8. The van der Waals surface area contributed by atoms with Gasteiger partial charge in [0, 0.05) is 0 Å². The molecule has 5 heteroatoms. The van der Waals surface area contributed by atoms with Crippen molar-refractivity contribution in [3.05, 3.63) is 150 Å². The number of fused-ring (bicyclic) bond motifs is 3. The van der Waals surface area contributed by atoms with Crippen LogP contribution in [-0.2, 0) is 21.3 Å². The van der Waals surface area contributed by atoms with Crippen LogP contribution in [0.3, 0.4) is 0 Å². The van der Waals surface area contributed by atoms with Gasteiger partial charge in [0.1, 0.15) is 0 Å². The van der Waals surface area contributed by atoms with Crippen LogP contribution in [0.15, 0.2) is 118 Å². The summed E-state index contributed by atoms with van der Waals surface area (Å²) in [4.78, 5) is 0. The fourth-order valence-electron chi connectivity index (χ4n) is 6.40. The van der Waals surface area contributed by atoms with Gasteiger partial charge in [0.2, 0.25) is 0 Å². The van der Waals surface area contributed by atoms with Crippen molar-refractivity contribution >= 4 is 26.4 Å². The predicted molar refractivity (Wildman–Crippen MR) is 169 cm³/mol. The standard InChI is InChI=1S/C13H8Cl2.C13H9.C11H17.2ClH.Zr/c14-12-5-1-3-10(8-12)7-11-4-2-6-13(15)9-11;1-3-7-12-10(5-1)9-11-6-2-4-8-13(11)12;1-5-9-6-7-10(8-9)11(2,3)4;;;/h1-6,8-9H;1-9H;7-9H,5H2,1-4H3;2*1H;/q;;;;;+2/p-2. The van der Waals surface area contributed by atoms with E-state index in [2.05, 4.69) is 125 Å². The third-order valence-corrected chi connectivity index (χ3v) is 17.3. The Hall–Kier alpha value is -1.73. The molecule has 0 N–H and O–H groups in total. The molecule has 0 heterocycles. The van der Waals surface area contributed by atoms with E-state index in [1.54, 1.807) is 3.28 Å². The third-order valence-electron chi connectivity index (χ3n) is 8.33. The predicted octanol–water partition coefficient (Wildman–Crippen LogP) is 4.85. The van der Waals surface area contributed by atoms with Crippen LogP contribution >= 0.6 is 23.2 Å². The molecule has 6 rings (SSSR count). The molecule has 214 valence electrons. The smallest absolute Gasteiger partial charge is 1.00 e. The summed E-state index contributed by atoms with van der Waals surface area (Å²) in [7, 11) is 0. The zero-order chi connectivity index (χ0) is 28.0. The molecule has 0 spiro atoms. The van der Waals surface area contributed by atoms with Gasteiger partial charge in [0.05, 0.1) is 0 Å². The summed E-state index contributed by atoms with van der Waals surface area (Å²) >= 11 is 10.5. The van der Waals surface area contributed by atoms with Gasteiger partial charge < -0.3 is 24.8 Å². The summed E-state index contributed by atoms with van der Waals surface area (Å²) < 4.78 is 3.49. The van der Waals surface area contributed by atoms with E-state index in [-0.39, 0.29) is 30.2 Å². The van der Waals surface area contributed by atoms with E-state index in [1.165, 1.54) is 42.2 Å². The minimum atomic E-state index is -2.87. The molecule has 0 nitrogen and oxygen atoms in total. The maximum atomic E-state index is 6.69. The van der Waals surface area contributed by atoms with Crippen LogP contribution in [-0.4, -0.2) is 3.21 Å². The van der Waals surface area contributed by atoms with Crippen molar-refractivity contribution in [2.24, 2.45) is 11.3 Å². The number of hydrogen-bond donors (Lipinski definition) is 0. The molecule has 0 saturated heterocycles. The summed E-state index contributed by atoms with van der Waals surface area (Å²) in [5.41, 5.74) is 9.72. The summed E-state index contributed by atoms with van der Waals surface area (Å²) in [6.45, 7) is 9.36. The Morgan fingerprint density at radius 1 is 0.714 bits per heavy atom. The maximum absolute atomic E-state index is 6.69. The molecule has 0 saturated carbocycles. The number of hydrogen-bond acceptors (Lipinski definition) is 0. The molecule has 2 aliphatic rings. The second-order valence-corrected chi connectivity index (χ2v) is 18.9. The number of allylic oxidation sites excluding steroid dienone is 4. The third kappa shape index (κ3) is 6.25. The van der Waals surface area contributed by atoms with E-state index in [4.69, 9.17) is 23.2 Å². The molecule has 0 amide bonds. The topological polar surface area (TPSA) is 0 Å². The second kappa shape index (κ2) is 13.5. The van der Waals surface area contributed by atoms with Gasteiger partial charge in [-0.3, -0.25) is 0 Å². The summed E-state index contributed by atoms with van der Waals surface area (Å²) in [6, 6.07) is 35.2. The first-order chi connectivity index (χ1) is 19.3. The normalized spacial score (nSPS) is 15.3. The van der Waals surface area contributed by atoms with Crippen molar-refractivity contribution in [3.8, 4) is 11.1 Å². The monoisotopic (exact) mass is 708 g/mol. The van der Waals surface area contributed by atoms with Crippen molar-refractivity contribution < 1.29 is 46.1 Å². The molecule has 4 aromatic rings. The van der Waals surface area contributed by atoms with Gasteiger partial charge in [-0.1, -0.05) is 0 Å². The SMILES string of the molecule is CCC1C=C(C(C)(C)C)C=[C]1[Zr+2](=[C](c1cccc(Cl)c1)c1cccc(Cl)c1)[CH]1c2ccccc2-c2ccccc21.[Cl-].[Cl-]. The minimum absolute atomic E-state index is 0. The first-order valence-electron chi connectivity index (χ1n) is 14.1. The Balaban J connectivity index is 0.00000202. The number of halogens is 4. The van der Waals surface area contributed by atoms with Crippen LogP contribution in [0.25, 0.3) is 11.1 Å². The van der Waals surface area contributed by atoms with E-state index in [0.717, 1.165) is 16.5 Å². The van der Waals surface area contributed by atoms with E-state index in [9.17, 15) is 0 Å². The zero-order valence-electron chi connectivity index (χ0n) is 24.3. The molecule has 0 bridgehead atoms. The first kappa shape index (κ1) is 33.2. The number of benzene rings is 4. The Bertz CT molecular complexity index is 1610. The Morgan fingerprint density at radius 3 is 1.67 bits per heavy atom. The molecule has 4 aromatic carbocycles. The summed E-state index contributed by atoms with van der Waals surface area (Å²) in [5.74, 6) is 0.442. The van der Waals surface area contributed by atoms with Crippen molar-refractivity contribution in [2.75, 3.05) is 0 Å². The van der Waals surface area contributed by atoms with E-state index in [0.29, 0.717) is 9.54 Å². The fourth-order valence-corrected chi connectivity index (χ4v) is 16.5. The van der Waals surface area contributed by atoms with Crippen molar-refractivity contribution in [3.63, 3.8) is 0 Å². The van der Waals surface area contributed by atoms with Gasteiger partial charge in [-0.05, 0) is 0 Å². The zero-order valence-corrected chi connectivity index (χ0v) is 29.7. The van der Waals surface area contributed by atoms with Crippen LogP contribution in [0.5, 0.6) is 0 Å². The minimum Gasteiger partial charge on any atom is -1.00 e. The van der Waals surface area contributed by atoms with Gasteiger partial charge in [0.25, 0.3) is 0 Å². The van der Waals surface area contributed by atoms with Crippen LogP contribution < -0.4 is 24.8 Å². The maximum Gasteiger partial charge on any atom is -1.00 e. The summed E-state index contributed by atoms with van der Waals surface area (Å²) in [5, 5.41) is 1.54. The quantitative estimate of drug-likeness (QED) is 0.278. The van der Waals surface area contributed by atoms with Gasteiger partial charge >= 0.3 is 258 Å². The largest absolute Gasteiger partial charge is 1.00 e. The van der Waals surface area contributed by atoms with E-state index < -0.39 is 21.3 Å². The van der Waals surface area contributed by atoms with Crippen molar-refractivity contribution in [2.45, 2.75) is 37.7 Å². The van der Waals surface area contributed by atoms with Gasteiger partial charge in [-0.2, -0.15) is 0 Å². The molecule has 0 fully saturated rings. The molecule has 0 aliphatic heterocycles. The van der Waals surface area contributed by atoms with Gasteiger partial charge in [0.15, 0.2) is 0 Å². The van der Waals surface area contributed by atoms with Crippen molar-refractivity contribution in [1.82, 2.24) is 0 Å². The van der Waals surface area contributed by atoms with Crippen LogP contribution in [0.4, 0.5) is 0 Å². The molecule has 2 aliphatic carbocycles. The summed E-state index contributed by atoms with van der Waals surface area (Å²) in [6.07, 6.45) is 6.27. The molecule has 1 unspecified atom stereocenters.